The van der Waals surface area contributed by atoms with Crippen molar-refractivity contribution in [1.82, 2.24) is 5.32 Å². The average Bonchev–Trinajstić information content (AvgIpc) is 2.52. The summed E-state index contributed by atoms with van der Waals surface area (Å²) >= 11 is 0. The highest BCUT2D eigenvalue weighted by molar-refractivity contribution is 5.02. The van der Waals surface area contributed by atoms with Gasteiger partial charge in [-0.2, -0.15) is 0 Å². The lowest BCUT2D eigenvalue weighted by molar-refractivity contribution is 0.0548. The van der Waals surface area contributed by atoms with Crippen molar-refractivity contribution in [2.24, 2.45) is 0 Å². The van der Waals surface area contributed by atoms with E-state index in [1.807, 2.05) is 0 Å². The van der Waals surface area contributed by atoms with Crippen LogP contribution in [0.3, 0.4) is 0 Å². The van der Waals surface area contributed by atoms with Crippen molar-refractivity contribution in [2.45, 2.75) is 24.8 Å². The first kappa shape index (κ1) is 4.77. The molecule has 2 heteroatoms. The minimum Gasteiger partial charge on any atom is -0.366 e. The third-order valence-electron chi connectivity index (χ3n) is 2.13. The van der Waals surface area contributed by atoms with Gasteiger partial charge in [-0.1, -0.05) is 0 Å². The van der Waals surface area contributed by atoms with Gasteiger partial charge in [-0.3, -0.25) is 5.32 Å². The van der Waals surface area contributed by atoms with E-state index in [1.165, 1.54) is 19.3 Å². The van der Waals surface area contributed by atoms with Crippen LogP contribution in [0, 0.1) is 0 Å². The van der Waals surface area contributed by atoms with Gasteiger partial charge < -0.3 is 4.74 Å². The molecule has 0 atom stereocenters. The molecule has 2 fully saturated rings. The van der Waals surface area contributed by atoms with Crippen LogP contribution >= 0.6 is 0 Å². The summed E-state index contributed by atoms with van der Waals surface area (Å²) in [6.45, 7) is 1.74. The Balaban J connectivity index is 1.95. The number of ether oxygens (including phenoxy) is 1. The zero-order valence-corrected chi connectivity index (χ0v) is 4.94. The van der Waals surface area contributed by atoms with Crippen molar-refractivity contribution in [2.75, 3.05) is 13.3 Å². The van der Waals surface area contributed by atoms with Crippen molar-refractivity contribution in [3.63, 3.8) is 0 Å². The lowest BCUT2D eigenvalue weighted by atomic mass is 10.2. The molecule has 8 heavy (non-hydrogen) atoms. The quantitative estimate of drug-likeness (QED) is 0.493. The third-order valence-corrected chi connectivity index (χ3v) is 2.13. The maximum atomic E-state index is 5.13. The molecule has 0 bridgehead atoms. The van der Waals surface area contributed by atoms with Gasteiger partial charge in [-0.15, -0.1) is 0 Å². The molecule has 46 valence electrons. The highest BCUT2D eigenvalue weighted by Crippen LogP contribution is 2.39. The summed E-state index contributed by atoms with van der Waals surface area (Å²) in [5.74, 6) is 0. The molecular weight excluding hydrogens is 102 g/mol. The molecule has 0 radical (unpaired) electrons. The SMILES string of the molecule is C1CC2(CC2)NCO1. The highest BCUT2D eigenvalue weighted by Gasteiger charge is 2.43. The van der Waals surface area contributed by atoms with Crippen LogP contribution in [0.5, 0.6) is 0 Å². The number of hydrogen-bond acceptors (Lipinski definition) is 2. The van der Waals surface area contributed by atoms with Crippen LogP contribution in [-0.2, 0) is 4.74 Å². The fourth-order valence-corrected chi connectivity index (χ4v) is 1.21. The molecule has 1 aliphatic heterocycles. The van der Waals surface area contributed by atoms with Gasteiger partial charge in [0.2, 0.25) is 0 Å². The molecule has 2 nitrogen and oxygen atoms in total. The largest absolute Gasteiger partial charge is 0.366 e. The minimum absolute atomic E-state index is 0.554. The van der Waals surface area contributed by atoms with Crippen LogP contribution < -0.4 is 5.32 Å². The van der Waals surface area contributed by atoms with Crippen molar-refractivity contribution < 1.29 is 4.74 Å². The molecular formula is C6H11NO. The molecule has 0 aromatic carbocycles. The van der Waals surface area contributed by atoms with Gasteiger partial charge in [-0.05, 0) is 19.3 Å². The molecule has 2 rings (SSSR count). The molecule has 0 unspecified atom stereocenters. The van der Waals surface area contributed by atoms with E-state index < -0.39 is 0 Å². The molecule has 1 heterocycles. The van der Waals surface area contributed by atoms with E-state index >= 15 is 0 Å². The molecule has 1 spiro atoms. The fraction of sp³-hybridized carbons (Fsp3) is 1.00. The van der Waals surface area contributed by atoms with E-state index in [-0.39, 0.29) is 0 Å². The Kier molecular flexibility index (Phi) is 0.866. The first-order chi connectivity index (χ1) is 3.91. The third kappa shape index (κ3) is 0.644. The Morgan fingerprint density at radius 3 is 2.50 bits per heavy atom. The summed E-state index contributed by atoms with van der Waals surface area (Å²) < 4.78 is 5.13. The van der Waals surface area contributed by atoms with Crippen molar-refractivity contribution in [1.29, 1.82) is 0 Å². The van der Waals surface area contributed by atoms with Gasteiger partial charge in [-0.25, -0.2) is 0 Å². The first-order valence-electron chi connectivity index (χ1n) is 3.24. The Morgan fingerprint density at radius 1 is 1.25 bits per heavy atom. The van der Waals surface area contributed by atoms with Crippen molar-refractivity contribution in [3.8, 4) is 0 Å². The predicted octanol–water partition coefficient (Wildman–Crippen LogP) is 0.486. The Hall–Kier alpha value is -0.0800. The highest BCUT2D eigenvalue weighted by atomic mass is 16.5. The molecule has 0 amide bonds. The molecule has 1 saturated heterocycles. The van der Waals surface area contributed by atoms with Crippen molar-refractivity contribution in [3.05, 3.63) is 0 Å². The number of hydrogen-bond donors (Lipinski definition) is 1. The number of nitrogens with one attached hydrogen (secondary N) is 1. The van der Waals surface area contributed by atoms with Crippen LogP contribution in [0.25, 0.3) is 0 Å². The van der Waals surface area contributed by atoms with Gasteiger partial charge in [0.25, 0.3) is 0 Å². The van der Waals surface area contributed by atoms with Crippen LogP contribution in [-0.4, -0.2) is 18.9 Å². The average molecular weight is 113 g/mol. The second kappa shape index (κ2) is 1.45. The number of rotatable bonds is 0. The van der Waals surface area contributed by atoms with Crippen LogP contribution in [0.4, 0.5) is 0 Å². The van der Waals surface area contributed by atoms with E-state index in [0.717, 1.165) is 13.3 Å². The van der Waals surface area contributed by atoms with Gasteiger partial charge in [0.1, 0.15) is 0 Å². The summed E-state index contributed by atoms with van der Waals surface area (Å²) in [6, 6.07) is 0. The van der Waals surface area contributed by atoms with Crippen LogP contribution in [0.2, 0.25) is 0 Å². The molecule has 2 aliphatic rings. The van der Waals surface area contributed by atoms with E-state index in [9.17, 15) is 0 Å². The summed E-state index contributed by atoms with van der Waals surface area (Å²) in [6.07, 6.45) is 3.97. The molecule has 1 saturated carbocycles. The molecule has 0 aromatic rings. The van der Waals surface area contributed by atoms with Crippen LogP contribution in [0.1, 0.15) is 19.3 Å². The maximum Gasteiger partial charge on any atom is 0.0969 e. The fourth-order valence-electron chi connectivity index (χ4n) is 1.21. The maximum absolute atomic E-state index is 5.13. The normalized spacial score (nSPS) is 33.0. The second-order valence-electron chi connectivity index (χ2n) is 2.76. The van der Waals surface area contributed by atoms with E-state index in [0.29, 0.717) is 5.54 Å². The first-order valence-corrected chi connectivity index (χ1v) is 3.24. The predicted molar refractivity (Wildman–Crippen MR) is 30.5 cm³/mol. The van der Waals surface area contributed by atoms with Gasteiger partial charge in [0.15, 0.2) is 0 Å². The molecule has 1 N–H and O–H groups in total. The lowest BCUT2D eigenvalue weighted by Gasteiger charge is -2.22. The Morgan fingerprint density at radius 2 is 2.12 bits per heavy atom. The zero-order valence-electron chi connectivity index (χ0n) is 4.94. The minimum atomic E-state index is 0.554. The van der Waals surface area contributed by atoms with Crippen LogP contribution in [0.15, 0.2) is 0 Å². The van der Waals surface area contributed by atoms with E-state index in [2.05, 4.69) is 5.32 Å². The Bertz CT molecular complexity index is 90.7. The summed E-state index contributed by atoms with van der Waals surface area (Å²) in [5, 5.41) is 3.35. The zero-order chi connectivity index (χ0) is 5.45. The molecule has 0 aromatic heterocycles. The van der Waals surface area contributed by atoms with E-state index in [1.54, 1.807) is 0 Å². The van der Waals surface area contributed by atoms with Crippen molar-refractivity contribution >= 4 is 0 Å². The lowest BCUT2D eigenvalue weighted by Crippen LogP contribution is -2.39. The van der Waals surface area contributed by atoms with Gasteiger partial charge in [0, 0.05) is 5.54 Å². The smallest absolute Gasteiger partial charge is 0.0969 e. The summed E-state index contributed by atoms with van der Waals surface area (Å²) in [5.41, 5.74) is 0.554. The summed E-state index contributed by atoms with van der Waals surface area (Å²) in [4.78, 5) is 0. The van der Waals surface area contributed by atoms with E-state index in [4.69, 9.17) is 4.74 Å². The standard InChI is InChI=1S/C6H11NO/c1-2-6(1)3-4-8-5-7-6/h7H,1-5H2. The second-order valence-corrected chi connectivity index (χ2v) is 2.76. The topological polar surface area (TPSA) is 21.3 Å². The molecule has 1 aliphatic carbocycles. The Labute approximate surface area is 49.2 Å². The monoisotopic (exact) mass is 113 g/mol. The van der Waals surface area contributed by atoms with Gasteiger partial charge >= 0.3 is 0 Å². The summed E-state index contributed by atoms with van der Waals surface area (Å²) in [7, 11) is 0. The van der Waals surface area contributed by atoms with Gasteiger partial charge in [0.05, 0.1) is 13.3 Å².